The fourth-order valence-electron chi connectivity index (χ4n) is 1.96. The van der Waals surface area contributed by atoms with E-state index in [4.69, 9.17) is 9.47 Å². The second-order valence-electron chi connectivity index (χ2n) is 4.13. The number of carbonyl (C=O) groups is 2. The summed E-state index contributed by atoms with van der Waals surface area (Å²) in [5.74, 6) is -0.207. The Balaban J connectivity index is 2.32. The highest BCUT2D eigenvalue weighted by Gasteiger charge is 2.26. The van der Waals surface area contributed by atoms with Crippen LogP contribution in [-0.2, 0) is 16.0 Å². The minimum absolute atomic E-state index is 0.0467. The highest BCUT2D eigenvalue weighted by atomic mass is 16.5. The largest absolute Gasteiger partial charge is 0.461 e. The standard InChI is InChI=1S/C12H16N2O4/c1-3-17-12(16)11-8(2)13-10(7-15)14(11)6-9-4-5-18-9/h7,9H,3-6H2,1-2H3. The van der Waals surface area contributed by atoms with Gasteiger partial charge in [-0.2, -0.15) is 0 Å². The molecule has 1 aliphatic heterocycles. The van der Waals surface area contributed by atoms with Crippen molar-refractivity contribution in [3.8, 4) is 0 Å². The van der Waals surface area contributed by atoms with Crippen molar-refractivity contribution in [3.05, 3.63) is 17.2 Å². The number of aromatic nitrogens is 2. The van der Waals surface area contributed by atoms with Crippen molar-refractivity contribution >= 4 is 12.3 Å². The first kappa shape index (κ1) is 12.8. The number of esters is 1. The van der Waals surface area contributed by atoms with Crippen LogP contribution in [0.3, 0.4) is 0 Å². The minimum Gasteiger partial charge on any atom is -0.461 e. The summed E-state index contributed by atoms with van der Waals surface area (Å²) in [5, 5.41) is 0. The smallest absolute Gasteiger partial charge is 0.356 e. The van der Waals surface area contributed by atoms with Gasteiger partial charge in [-0.3, -0.25) is 4.79 Å². The van der Waals surface area contributed by atoms with Crippen molar-refractivity contribution < 1.29 is 19.1 Å². The Labute approximate surface area is 105 Å². The maximum absolute atomic E-state index is 11.9. The number of aldehydes is 1. The Morgan fingerprint density at radius 1 is 1.67 bits per heavy atom. The third-order valence-electron chi connectivity index (χ3n) is 2.93. The molecule has 1 unspecified atom stereocenters. The zero-order valence-corrected chi connectivity index (χ0v) is 10.5. The summed E-state index contributed by atoms with van der Waals surface area (Å²) in [6.07, 6.45) is 1.62. The van der Waals surface area contributed by atoms with Gasteiger partial charge in [-0.05, 0) is 20.3 Å². The molecular weight excluding hydrogens is 236 g/mol. The second-order valence-corrected chi connectivity index (χ2v) is 4.13. The van der Waals surface area contributed by atoms with Gasteiger partial charge in [0.25, 0.3) is 0 Å². The quantitative estimate of drug-likeness (QED) is 0.577. The van der Waals surface area contributed by atoms with E-state index in [0.29, 0.717) is 30.8 Å². The molecule has 0 radical (unpaired) electrons. The normalized spacial score (nSPS) is 18.2. The summed E-state index contributed by atoms with van der Waals surface area (Å²) in [6, 6.07) is 0. The van der Waals surface area contributed by atoms with E-state index in [9.17, 15) is 9.59 Å². The van der Waals surface area contributed by atoms with Gasteiger partial charge in [0.2, 0.25) is 0 Å². The molecule has 0 N–H and O–H groups in total. The van der Waals surface area contributed by atoms with Crippen LogP contribution in [0.15, 0.2) is 0 Å². The number of ether oxygens (including phenoxy) is 2. The van der Waals surface area contributed by atoms with Gasteiger partial charge in [-0.25, -0.2) is 9.78 Å². The van der Waals surface area contributed by atoms with Gasteiger partial charge < -0.3 is 14.0 Å². The molecule has 6 nitrogen and oxygen atoms in total. The monoisotopic (exact) mass is 252 g/mol. The van der Waals surface area contributed by atoms with Gasteiger partial charge in [-0.15, -0.1) is 0 Å². The molecule has 1 saturated heterocycles. The first-order valence-corrected chi connectivity index (χ1v) is 5.98. The predicted octanol–water partition coefficient (Wildman–Crippen LogP) is 0.970. The summed E-state index contributed by atoms with van der Waals surface area (Å²) < 4.78 is 11.9. The number of aryl methyl sites for hydroxylation is 1. The molecule has 1 aliphatic rings. The van der Waals surface area contributed by atoms with E-state index in [0.717, 1.165) is 13.0 Å². The molecule has 0 spiro atoms. The highest BCUT2D eigenvalue weighted by molar-refractivity contribution is 5.90. The molecule has 1 aromatic heterocycles. The number of hydrogen-bond donors (Lipinski definition) is 0. The maximum atomic E-state index is 11.9. The molecule has 0 aromatic carbocycles. The van der Waals surface area contributed by atoms with Crippen molar-refractivity contribution in [1.29, 1.82) is 0 Å². The first-order chi connectivity index (χ1) is 8.67. The van der Waals surface area contributed by atoms with E-state index in [2.05, 4.69) is 4.98 Å². The Morgan fingerprint density at radius 3 is 2.89 bits per heavy atom. The molecule has 6 heteroatoms. The average Bonchev–Trinajstić information content (AvgIpc) is 2.60. The molecule has 0 aliphatic carbocycles. The Kier molecular flexibility index (Phi) is 3.76. The Hall–Kier alpha value is -1.69. The molecule has 1 aromatic rings. The van der Waals surface area contributed by atoms with Crippen LogP contribution in [-0.4, -0.2) is 41.1 Å². The molecule has 0 amide bonds. The van der Waals surface area contributed by atoms with Crippen molar-refractivity contribution in [3.63, 3.8) is 0 Å². The molecule has 1 atom stereocenters. The number of carbonyl (C=O) groups excluding carboxylic acids is 2. The summed E-state index contributed by atoms with van der Waals surface area (Å²) in [5.41, 5.74) is 0.851. The van der Waals surface area contributed by atoms with E-state index in [-0.39, 0.29) is 11.9 Å². The fraction of sp³-hybridized carbons (Fsp3) is 0.583. The van der Waals surface area contributed by atoms with Crippen molar-refractivity contribution in [2.75, 3.05) is 13.2 Å². The van der Waals surface area contributed by atoms with Gasteiger partial charge in [-0.1, -0.05) is 0 Å². The van der Waals surface area contributed by atoms with Crippen LogP contribution in [0.25, 0.3) is 0 Å². The summed E-state index contributed by atoms with van der Waals surface area (Å²) in [6.45, 7) is 4.91. The van der Waals surface area contributed by atoms with Gasteiger partial charge in [0.05, 0.1) is 24.9 Å². The van der Waals surface area contributed by atoms with Gasteiger partial charge in [0.15, 0.2) is 17.8 Å². The van der Waals surface area contributed by atoms with E-state index in [1.54, 1.807) is 18.4 Å². The van der Waals surface area contributed by atoms with Gasteiger partial charge >= 0.3 is 5.97 Å². The van der Waals surface area contributed by atoms with Gasteiger partial charge in [0, 0.05) is 6.61 Å². The zero-order valence-electron chi connectivity index (χ0n) is 10.5. The van der Waals surface area contributed by atoms with Crippen molar-refractivity contribution in [2.24, 2.45) is 0 Å². The van der Waals surface area contributed by atoms with E-state index >= 15 is 0 Å². The van der Waals surface area contributed by atoms with E-state index < -0.39 is 5.97 Å². The average molecular weight is 252 g/mol. The molecule has 0 bridgehead atoms. The van der Waals surface area contributed by atoms with Crippen LogP contribution in [0.1, 0.15) is 40.1 Å². The lowest BCUT2D eigenvalue weighted by Crippen LogP contribution is -2.33. The van der Waals surface area contributed by atoms with Crippen LogP contribution in [0.5, 0.6) is 0 Å². The minimum atomic E-state index is -0.449. The van der Waals surface area contributed by atoms with Crippen LogP contribution < -0.4 is 0 Å². The van der Waals surface area contributed by atoms with Crippen LogP contribution >= 0.6 is 0 Å². The van der Waals surface area contributed by atoms with Crippen LogP contribution in [0.2, 0.25) is 0 Å². The highest BCUT2D eigenvalue weighted by Crippen LogP contribution is 2.18. The van der Waals surface area contributed by atoms with E-state index in [1.807, 2.05) is 0 Å². The Bertz CT molecular complexity index is 463. The first-order valence-electron chi connectivity index (χ1n) is 5.98. The van der Waals surface area contributed by atoms with Crippen molar-refractivity contribution in [2.45, 2.75) is 32.9 Å². The number of imidazole rings is 1. The molecule has 0 saturated carbocycles. The third-order valence-corrected chi connectivity index (χ3v) is 2.93. The molecule has 18 heavy (non-hydrogen) atoms. The summed E-state index contributed by atoms with van der Waals surface area (Å²) in [7, 11) is 0. The summed E-state index contributed by atoms with van der Waals surface area (Å²) >= 11 is 0. The lowest BCUT2D eigenvalue weighted by Gasteiger charge is -2.27. The number of nitrogens with zero attached hydrogens (tertiary/aromatic N) is 2. The fourth-order valence-corrected chi connectivity index (χ4v) is 1.96. The topological polar surface area (TPSA) is 70.4 Å². The number of rotatable bonds is 5. The molecule has 1 fully saturated rings. The lowest BCUT2D eigenvalue weighted by molar-refractivity contribution is -0.0597. The number of hydrogen-bond acceptors (Lipinski definition) is 5. The molecular formula is C12H16N2O4. The summed E-state index contributed by atoms with van der Waals surface area (Å²) in [4.78, 5) is 26.9. The lowest BCUT2D eigenvalue weighted by atomic mass is 10.2. The zero-order chi connectivity index (χ0) is 13.1. The Morgan fingerprint density at radius 2 is 2.39 bits per heavy atom. The van der Waals surface area contributed by atoms with Crippen molar-refractivity contribution in [1.82, 2.24) is 9.55 Å². The van der Waals surface area contributed by atoms with Crippen LogP contribution in [0.4, 0.5) is 0 Å². The van der Waals surface area contributed by atoms with Crippen LogP contribution in [0, 0.1) is 6.92 Å². The SMILES string of the molecule is CCOC(=O)c1c(C)nc(C=O)n1CC1CCO1. The third kappa shape index (κ3) is 2.28. The molecule has 2 rings (SSSR count). The van der Waals surface area contributed by atoms with E-state index in [1.165, 1.54) is 0 Å². The van der Waals surface area contributed by atoms with Gasteiger partial charge in [0.1, 0.15) is 0 Å². The second kappa shape index (κ2) is 5.30. The molecule has 98 valence electrons. The maximum Gasteiger partial charge on any atom is 0.356 e. The molecule has 2 heterocycles. The predicted molar refractivity (Wildman–Crippen MR) is 62.7 cm³/mol.